The van der Waals surface area contributed by atoms with E-state index in [-0.39, 0.29) is 35.1 Å². The SMILES string of the molecule is O=C(CCCS(=O)(=O)c1ccccc1)Nc1ccc([N+](=O)[O-])cc1. The van der Waals surface area contributed by atoms with Gasteiger partial charge in [0.15, 0.2) is 9.84 Å². The molecule has 2 rings (SSSR count). The predicted octanol–water partition coefficient (Wildman–Crippen LogP) is 2.79. The fourth-order valence-electron chi connectivity index (χ4n) is 2.06. The number of nitrogens with one attached hydrogen (secondary N) is 1. The Balaban J connectivity index is 1.84. The predicted molar refractivity (Wildman–Crippen MR) is 89.5 cm³/mol. The van der Waals surface area contributed by atoms with Crippen molar-refractivity contribution in [3.05, 3.63) is 64.7 Å². The second-order valence-electron chi connectivity index (χ2n) is 5.09. The van der Waals surface area contributed by atoms with Gasteiger partial charge in [0.05, 0.1) is 15.6 Å². The zero-order valence-corrected chi connectivity index (χ0v) is 13.5. The first kappa shape index (κ1) is 17.6. The second-order valence-corrected chi connectivity index (χ2v) is 7.20. The number of carbonyl (C=O) groups excluding carboxylic acids is 1. The number of anilines is 1. The Bertz CT molecular complexity index is 817. The molecule has 0 atom stereocenters. The number of nitrogens with zero attached hydrogens (tertiary/aromatic N) is 1. The minimum Gasteiger partial charge on any atom is -0.326 e. The smallest absolute Gasteiger partial charge is 0.269 e. The third-order valence-electron chi connectivity index (χ3n) is 3.28. The molecule has 0 aliphatic carbocycles. The van der Waals surface area contributed by atoms with Crippen molar-refractivity contribution in [1.29, 1.82) is 0 Å². The molecule has 0 fully saturated rings. The molecule has 0 saturated heterocycles. The fourth-order valence-corrected chi connectivity index (χ4v) is 3.39. The van der Waals surface area contributed by atoms with Gasteiger partial charge in [0.2, 0.25) is 5.91 Å². The number of amides is 1. The minimum absolute atomic E-state index is 0.0447. The molecule has 0 aliphatic rings. The first-order chi connectivity index (χ1) is 11.4. The lowest BCUT2D eigenvalue weighted by Gasteiger charge is -2.06. The molecule has 1 amide bonds. The molecule has 8 heteroatoms. The van der Waals surface area contributed by atoms with Crippen molar-refractivity contribution < 1.29 is 18.1 Å². The molecular weight excluding hydrogens is 332 g/mol. The van der Waals surface area contributed by atoms with E-state index in [4.69, 9.17) is 0 Å². The molecule has 0 spiro atoms. The summed E-state index contributed by atoms with van der Waals surface area (Å²) in [4.78, 5) is 22.1. The van der Waals surface area contributed by atoms with Crippen LogP contribution in [0.25, 0.3) is 0 Å². The highest BCUT2D eigenvalue weighted by Crippen LogP contribution is 2.16. The summed E-state index contributed by atoms with van der Waals surface area (Å²) >= 11 is 0. The number of carbonyl (C=O) groups is 1. The Morgan fingerprint density at radius 1 is 1.04 bits per heavy atom. The van der Waals surface area contributed by atoms with Gasteiger partial charge in [0, 0.05) is 24.2 Å². The third kappa shape index (κ3) is 4.88. The quantitative estimate of drug-likeness (QED) is 0.611. The number of sulfone groups is 1. The maximum atomic E-state index is 12.1. The van der Waals surface area contributed by atoms with Gasteiger partial charge in [-0.1, -0.05) is 18.2 Å². The standard InChI is InChI=1S/C16H16N2O5S/c19-16(17-13-8-10-14(11-9-13)18(20)21)7-4-12-24(22,23)15-5-2-1-3-6-15/h1-3,5-6,8-11H,4,7,12H2,(H,17,19). The van der Waals surface area contributed by atoms with Gasteiger partial charge in [-0.25, -0.2) is 8.42 Å². The average Bonchev–Trinajstić information content (AvgIpc) is 2.56. The third-order valence-corrected chi connectivity index (χ3v) is 5.10. The minimum atomic E-state index is -3.40. The van der Waals surface area contributed by atoms with Crippen LogP contribution in [0, 0.1) is 10.1 Å². The van der Waals surface area contributed by atoms with Crippen LogP contribution in [-0.2, 0) is 14.6 Å². The van der Waals surface area contributed by atoms with E-state index in [1.54, 1.807) is 18.2 Å². The van der Waals surface area contributed by atoms with Crippen molar-refractivity contribution in [2.75, 3.05) is 11.1 Å². The lowest BCUT2D eigenvalue weighted by Crippen LogP contribution is -2.14. The topological polar surface area (TPSA) is 106 Å². The Hall–Kier alpha value is -2.74. The molecular formula is C16H16N2O5S. The van der Waals surface area contributed by atoms with Crippen LogP contribution >= 0.6 is 0 Å². The number of nitro groups is 1. The van der Waals surface area contributed by atoms with Gasteiger partial charge in [-0.05, 0) is 30.7 Å². The number of non-ortho nitro benzene ring substituents is 1. The molecule has 2 aromatic carbocycles. The van der Waals surface area contributed by atoms with Crippen LogP contribution in [0.3, 0.4) is 0 Å². The molecule has 0 radical (unpaired) electrons. The summed E-state index contributed by atoms with van der Waals surface area (Å²) in [5.74, 6) is -0.461. The van der Waals surface area contributed by atoms with Crippen LogP contribution in [0.1, 0.15) is 12.8 Å². The average molecular weight is 348 g/mol. The van der Waals surface area contributed by atoms with Gasteiger partial charge >= 0.3 is 0 Å². The summed E-state index contributed by atoms with van der Waals surface area (Å²) < 4.78 is 24.2. The van der Waals surface area contributed by atoms with E-state index in [1.807, 2.05) is 0 Å². The number of rotatable bonds is 7. The highest BCUT2D eigenvalue weighted by Gasteiger charge is 2.14. The Morgan fingerprint density at radius 3 is 2.25 bits per heavy atom. The van der Waals surface area contributed by atoms with Crippen LogP contribution in [0.2, 0.25) is 0 Å². The van der Waals surface area contributed by atoms with Crippen LogP contribution in [0.4, 0.5) is 11.4 Å². The number of benzene rings is 2. The normalized spacial score (nSPS) is 11.0. The van der Waals surface area contributed by atoms with E-state index in [9.17, 15) is 23.3 Å². The monoisotopic (exact) mass is 348 g/mol. The molecule has 0 unspecified atom stereocenters. The van der Waals surface area contributed by atoms with E-state index in [2.05, 4.69) is 5.32 Å². The largest absolute Gasteiger partial charge is 0.326 e. The molecule has 0 aromatic heterocycles. The molecule has 0 heterocycles. The van der Waals surface area contributed by atoms with Crippen molar-refractivity contribution in [1.82, 2.24) is 0 Å². The summed E-state index contributed by atoms with van der Waals surface area (Å²) in [7, 11) is -3.40. The summed E-state index contributed by atoms with van der Waals surface area (Å²) in [6.07, 6.45) is 0.235. The molecule has 0 aliphatic heterocycles. The van der Waals surface area contributed by atoms with E-state index in [0.717, 1.165) is 0 Å². The summed E-state index contributed by atoms with van der Waals surface area (Å²) in [6, 6.07) is 13.5. The van der Waals surface area contributed by atoms with Gasteiger partial charge in [-0.15, -0.1) is 0 Å². The van der Waals surface area contributed by atoms with Crippen LogP contribution in [0.5, 0.6) is 0 Å². The van der Waals surface area contributed by atoms with E-state index in [1.165, 1.54) is 36.4 Å². The van der Waals surface area contributed by atoms with Crippen molar-refractivity contribution in [2.24, 2.45) is 0 Å². The molecule has 7 nitrogen and oxygen atoms in total. The lowest BCUT2D eigenvalue weighted by atomic mass is 10.2. The maximum Gasteiger partial charge on any atom is 0.269 e. The zero-order chi connectivity index (χ0) is 17.6. The number of hydrogen-bond donors (Lipinski definition) is 1. The highest BCUT2D eigenvalue weighted by molar-refractivity contribution is 7.91. The molecule has 0 bridgehead atoms. The molecule has 1 N–H and O–H groups in total. The zero-order valence-electron chi connectivity index (χ0n) is 12.7. The number of nitro benzene ring substituents is 1. The Kier molecular flexibility index (Phi) is 5.64. The van der Waals surface area contributed by atoms with Crippen molar-refractivity contribution in [3.63, 3.8) is 0 Å². The Morgan fingerprint density at radius 2 is 1.67 bits per heavy atom. The van der Waals surface area contributed by atoms with Gasteiger partial charge in [-0.3, -0.25) is 14.9 Å². The molecule has 24 heavy (non-hydrogen) atoms. The summed E-state index contributed by atoms with van der Waals surface area (Å²) in [5.41, 5.74) is 0.360. The van der Waals surface area contributed by atoms with Crippen molar-refractivity contribution in [3.8, 4) is 0 Å². The second kappa shape index (κ2) is 7.69. The van der Waals surface area contributed by atoms with E-state index >= 15 is 0 Å². The van der Waals surface area contributed by atoms with Gasteiger partial charge < -0.3 is 5.32 Å². The summed E-state index contributed by atoms with van der Waals surface area (Å²) in [5, 5.41) is 13.1. The van der Waals surface area contributed by atoms with Crippen molar-refractivity contribution in [2.45, 2.75) is 17.7 Å². The lowest BCUT2D eigenvalue weighted by molar-refractivity contribution is -0.384. The van der Waals surface area contributed by atoms with E-state index in [0.29, 0.717) is 5.69 Å². The molecule has 126 valence electrons. The highest BCUT2D eigenvalue weighted by atomic mass is 32.2. The maximum absolute atomic E-state index is 12.1. The van der Waals surface area contributed by atoms with Crippen molar-refractivity contribution >= 4 is 27.1 Å². The van der Waals surface area contributed by atoms with Gasteiger partial charge in [-0.2, -0.15) is 0 Å². The first-order valence-corrected chi connectivity index (χ1v) is 8.86. The van der Waals surface area contributed by atoms with Gasteiger partial charge in [0.1, 0.15) is 0 Å². The number of hydrogen-bond acceptors (Lipinski definition) is 5. The molecule has 0 saturated carbocycles. The fraction of sp³-hybridized carbons (Fsp3) is 0.188. The van der Waals surface area contributed by atoms with Crippen LogP contribution < -0.4 is 5.32 Å². The van der Waals surface area contributed by atoms with E-state index < -0.39 is 14.8 Å². The summed E-state index contributed by atoms with van der Waals surface area (Å²) in [6.45, 7) is 0. The van der Waals surface area contributed by atoms with Gasteiger partial charge in [0.25, 0.3) is 5.69 Å². The Labute approximate surface area is 139 Å². The molecule has 2 aromatic rings. The van der Waals surface area contributed by atoms with Crippen LogP contribution in [-0.4, -0.2) is 25.0 Å². The van der Waals surface area contributed by atoms with Crippen LogP contribution in [0.15, 0.2) is 59.5 Å². The first-order valence-electron chi connectivity index (χ1n) is 7.20.